The van der Waals surface area contributed by atoms with E-state index in [1.165, 1.54) is 19.3 Å². The third-order valence-electron chi connectivity index (χ3n) is 4.88. The van der Waals surface area contributed by atoms with Crippen LogP contribution in [0, 0.1) is 18.3 Å². The van der Waals surface area contributed by atoms with Crippen molar-refractivity contribution in [1.82, 2.24) is 9.78 Å². The molecule has 2 N–H and O–H groups in total. The smallest absolute Gasteiger partial charge is 0.0847 e. The lowest BCUT2D eigenvalue weighted by atomic mass is 9.61. The fraction of sp³-hybridized carbons (Fsp3) is 0.812. The van der Waals surface area contributed by atoms with Crippen molar-refractivity contribution in [3.05, 3.63) is 16.4 Å². The van der Waals surface area contributed by atoms with Gasteiger partial charge < -0.3 is 5.73 Å². The van der Waals surface area contributed by atoms with Gasteiger partial charge in [0.1, 0.15) is 0 Å². The fourth-order valence-electron chi connectivity index (χ4n) is 3.96. The molecule has 1 fully saturated rings. The van der Waals surface area contributed by atoms with E-state index in [2.05, 4.69) is 25.9 Å². The van der Waals surface area contributed by atoms with Gasteiger partial charge in [-0.25, -0.2) is 0 Å². The van der Waals surface area contributed by atoms with Crippen molar-refractivity contribution in [2.75, 3.05) is 0 Å². The number of hydrogen-bond acceptors (Lipinski definition) is 2. The Bertz CT molecular complexity index is 487. The second-order valence-electron chi connectivity index (χ2n) is 7.54. The molecule has 114 valence electrons. The first-order chi connectivity index (χ1) is 9.15. The summed E-state index contributed by atoms with van der Waals surface area (Å²) in [5.74, 6) is 0.523. The van der Waals surface area contributed by atoms with E-state index in [0.717, 1.165) is 29.3 Å². The molecule has 0 aromatic carbocycles. The summed E-state index contributed by atoms with van der Waals surface area (Å²) in [5.41, 5.74) is 8.92. The quantitative estimate of drug-likeness (QED) is 0.901. The molecular weight excluding hydrogens is 270 g/mol. The summed E-state index contributed by atoms with van der Waals surface area (Å²) >= 11 is 6.42. The van der Waals surface area contributed by atoms with Crippen LogP contribution in [-0.2, 0) is 13.5 Å². The number of hydrogen-bond donors (Lipinski definition) is 1. The van der Waals surface area contributed by atoms with Gasteiger partial charge in [-0.2, -0.15) is 5.10 Å². The fourth-order valence-corrected chi connectivity index (χ4v) is 4.18. The zero-order valence-corrected chi connectivity index (χ0v) is 14.2. The van der Waals surface area contributed by atoms with Gasteiger partial charge >= 0.3 is 0 Å². The van der Waals surface area contributed by atoms with Crippen LogP contribution in [0.5, 0.6) is 0 Å². The first kappa shape index (κ1) is 15.8. The van der Waals surface area contributed by atoms with E-state index in [1.54, 1.807) is 0 Å². The lowest BCUT2D eigenvalue weighted by Gasteiger charge is -2.48. The maximum atomic E-state index is 6.87. The second-order valence-corrected chi connectivity index (χ2v) is 7.92. The average Bonchev–Trinajstić information content (AvgIpc) is 2.55. The molecule has 1 aliphatic carbocycles. The Morgan fingerprint density at radius 3 is 2.55 bits per heavy atom. The molecule has 2 atom stereocenters. The number of nitrogens with two attached hydrogens (primary N) is 1. The molecule has 0 bridgehead atoms. The van der Waals surface area contributed by atoms with Gasteiger partial charge in [-0.05, 0) is 31.1 Å². The Hall–Kier alpha value is -0.540. The summed E-state index contributed by atoms with van der Waals surface area (Å²) in [7, 11) is 1.96. The van der Waals surface area contributed by atoms with Crippen molar-refractivity contribution in [1.29, 1.82) is 0 Å². The first-order valence-corrected chi connectivity index (χ1v) is 8.00. The zero-order valence-electron chi connectivity index (χ0n) is 13.5. The third kappa shape index (κ3) is 2.89. The van der Waals surface area contributed by atoms with Crippen molar-refractivity contribution < 1.29 is 0 Å². The lowest BCUT2D eigenvalue weighted by molar-refractivity contribution is 0.0780. The second kappa shape index (κ2) is 5.34. The summed E-state index contributed by atoms with van der Waals surface area (Å²) < 4.78 is 1.90. The van der Waals surface area contributed by atoms with E-state index in [4.69, 9.17) is 17.3 Å². The van der Waals surface area contributed by atoms with E-state index in [1.807, 2.05) is 18.7 Å². The van der Waals surface area contributed by atoms with Crippen LogP contribution in [0.3, 0.4) is 0 Å². The monoisotopic (exact) mass is 297 g/mol. The number of rotatable bonds is 2. The van der Waals surface area contributed by atoms with Gasteiger partial charge in [0.25, 0.3) is 0 Å². The topological polar surface area (TPSA) is 43.8 Å². The molecule has 1 aromatic heterocycles. The average molecular weight is 298 g/mol. The summed E-state index contributed by atoms with van der Waals surface area (Å²) in [5, 5.41) is 5.21. The third-order valence-corrected chi connectivity index (χ3v) is 5.37. The summed E-state index contributed by atoms with van der Waals surface area (Å²) in [6.07, 6.45) is 5.63. The van der Waals surface area contributed by atoms with Crippen molar-refractivity contribution >= 4 is 11.6 Å². The molecule has 0 aliphatic heterocycles. The largest absolute Gasteiger partial charge is 0.324 e. The van der Waals surface area contributed by atoms with Crippen LogP contribution in [-0.4, -0.2) is 15.3 Å². The Kier molecular flexibility index (Phi) is 4.23. The Morgan fingerprint density at radius 1 is 1.40 bits per heavy atom. The van der Waals surface area contributed by atoms with Gasteiger partial charge in [0.15, 0.2) is 0 Å². The minimum atomic E-state index is -0.166. The van der Waals surface area contributed by atoms with E-state index in [9.17, 15) is 0 Å². The molecule has 0 saturated heterocycles. The van der Waals surface area contributed by atoms with Crippen LogP contribution in [0.2, 0.25) is 5.02 Å². The van der Waals surface area contributed by atoms with E-state index in [0.29, 0.717) is 5.92 Å². The van der Waals surface area contributed by atoms with E-state index < -0.39 is 0 Å². The zero-order chi connectivity index (χ0) is 15.1. The minimum Gasteiger partial charge on any atom is -0.324 e. The molecule has 0 amide bonds. The van der Waals surface area contributed by atoms with Crippen LogP contribution in [0.4, 0.5) is 0 Å². The number of nitrogens with zero attached hydrogens (tertiary/aromatic N) is 2. The molecule has 1 aromatic rings. The number of aromatic nitrogens is 2. The minimum absolute atomic E-state index is 0.166. The van der Waals surface area contributed by atoms with Crippen molar-refractivity contribution in [2.24, 2.45) is 24.1 Å². The molecule has 0 spiro atoms. The summed E-state index contributed by atoms with van der Waals surface area (Å²) in [4.78, 5) is 0. The highest BCUT2D eigenvalue weighted by Gasteiger charge is 2.44. The normalized spacial score (nSPS) is 27.9. The predicted octanol–water partition coefficient (Wildman–Crippen LogP) is 3.86. The molecule has 2 rings (SSSR count). The maximum Gasteiger partial charge on any atom is 0.0847 e. The molecule has 3 nitrogen and oxygen atoms in total. The van der Waals surface area contributed by atoms with E-state index in [-0.39, 0.29) is 11.0 Å². The molecular formula is C16H28ClN3. The molecule has 4 heteroatoms. The SMILES string of the molecule is Cc1nn(C)c(CC2(N)CCCCC2C(C)(C)C)c1Cl. The Balaban J connectivity index is 2.33. The van der Waals surface area contributed by atoms with Gasteiger partial charge in [-0.15, -0.1) is 0 Å². The van der Waals surface area contributed by atoms with Gasteiger partial charge in [0, 0.05) is 19.0 Å². The van der Waals surface area contributed by atoms with Crippen molar-refractivity contribution in [2.45, 2.75) is 65.3 Å². The van der Waals surface area contributed by atoms with E-state index >= 15 is 0 Å². The van der Waals surface area contributed by atoms with Crippen molar-refractivity contribution in [3.63, 3.8) is 0 Å². The van der Waals surface area contributed by atoms with Crippen LogP contribution in [0.15, 0.2) is 0 Å². The summed E-state index contributed by atoms with van der Waals surface area (Å²) in [6, 6.07) is 0. The Labute approximate surface area is 127 Å². The molecule has 20 heavy (non-hydrogen) atoms. The van der Waals surface area contributed by atoms with Crippen LogP contribution >= 0.6 is 11.6 Å². The highest BCUT2D eigenvalue weighted by molar-refractivity contribution is 6.31. The van der Waals surface area contributed by atoms with Crippen LogP contribution in [0.1, 0.15) is 57.8 Å². The maximum absolute atomic E-state index is 6.87. The molecule has 0 radical (unpaired) electrons. The number of halogens is 1. The van der Waals surface area contributed by atoms with Gasteiger partial charge in [-0.1, -0.05) is 45.2 Å². The number of aryl methyl sites for hydroxylation is 2. The molecule has 1 saturated carbocycles. The summed E-state index contributed by atoms with van der Waals surface area (Å²) in [6.45, 7) is 8.87. The van der Waals surface area contributed by atoms with Crippen LogP contribution < -0.4 is 5.73 Å². The van der Waals surface area contributed by atoms with Gasteiger partial charge in [0.2, 0.25) is 0 Å². The van der Waals surface area contributed by atoms with Crippen LogP contribution in [0.25, 0.3) is 0 Å². The van der Waals surface area contributed by atoms with Crippen molar-refractivity contribution in [3.8, 4) is 0 Å². The highest BCUT2D eigenvalue weighted by atomic mass is 35.5. The highest BCUT2D eigenvalue weighted by Crippen LogP contribution is 2.45. The molecule has 2 unspecified atom stereocenters. The Morgan fingerprint density at radius 2 is 2.05 bits per heavy atom. The standard InChI is InChI=1S/C16H28ClN3/c1-11-14(17)12(20(5)19-11)10-16(18)9-7-6-8-13(16)15(2,3)4/h13H,6-10,18H2,1-5H3. The van der Waals surface area contributed by atoms with Gasteiger partial charge in [-0.3, -0.25) is 4.68 Å². The predicted molar refractivity (Wildman–Crippen MR) is 85.0 cm³/mol. The molecule has 1 aliphatic rings. The van der Waals surface area contributed by atoms with Gasteiger partial charge in [0.05, 0.1) is 16.4 Å². The lowest BCUT2D eigenvalue weighted by Crippen LogP contribution is -2.55. The molecule has 1 heterocycles. The first-order valence-electron chi connectivity index (χ1n) is 7.62.